The van der Waals surface area contributed by atoms with Crippen LogP contribution in [0.5, 0.6) is 0 Å². The molecule has 0 fully saturated rings. The van der Waals surface area contributed by atoms with Gasteiger partial charge < -0.3 is 8.85 Å². The van der Waals surface area contributed by atoms with Crippen LogP contribution in [0, 0.1) is 0 Å². The lowest BCUT2D eigenvalue weighted by molar-refractivity contribution is 0.157. The summed E-state index contributed by atoms with van der Waals surface area (Å²) in [6.07, 6.45) is 2.72. The van der Waals surface area contributed by atoms with Crippen LogP contribution in [0.25, 0.3) is 0 Å². The molecular weight excluding hydrogens is 168 g/mol. The molecule has 12 heavy (non-hydrogen) atoms. The van der Waals surface area contributed by atoms with E-state index in [0.29, 0.717) is 6.10 Å². The fraction of sp³-hybridized carbons (Fsp3) is 1.00. The van der Waals surface area contributed by atoms with Crippen LogP contribution in [-0.4, -0.2) is 21.8 Å². The Hall–Kier alpha value is 0.137. The van der Waals surface area contributed by atoms with Crippen LogP contribution in [0.1, 0.15) is 33.6 Å². The fourth-order valence-corrected chi connectivity index (χ4v) is 3.62. The second kappa shape index (κ2) is 5.73. The molecule has 0 amide bonds. The van der Waals surface area contributed by atoms with E-state index in [1.165, 1.54) is 12.8 Å². The van der Waals surface area contributed by atoms with Crippen molar-refractivity contribution in [1.82, 2.24) is 0 Å². The van der Waals surface area contributed by atoms with E-state index in [-0.39, 0.29) is 0 Å². The number of hydrogen-bond acceptors (Lipinski definition) is 2. The first-order valence-electron chi connectivity index (χ1n) is 4.77. The Balaban J connectivity index is 3.86. The van der Waals surface area contributed by atoms with Gasteiger partial charge >= 0.3 is 8.56 Å². The van der Waals surface area contributed by atoms with Gasteiger partial charge in [-0.25, -0.2) is 0 Å². The van der Waals surface area contributed by atoms with Crippen molar-refractivity contribution in [3.8, 4) is 0 Å². The minimum absolute atomic E-state index is 0.290. The van der Waals surface area contributed by atoms with Crippen molar-refractivity contribution in [2.45, 2.75) is 52.3 Å². The first kappa shape index (κ1) is 12.1. The van der Waals surface area contributed by atoms with Gasteiger partial charge in [0.25, 0.3) is 0 Å². The lowest BCUT2D eigenvalue weighted by Crippen LogP contribution is -2.39. The average Bonchev–Trinajstić information content (AvgIpc) is 2.00. The van der Waals surface area contributed by atoms with E-state index >= 15 is 0 Å². The molecule has 1 atom stereocenters. The molecule has 74 valence electrons. The number of rotatable bonds is 6. The quantitative estimate of drug-likeness (QED) is 0.600. The summed E-state index contributed by atoms with van der Waals surface area (Å²) >= 11 is 0. The summed E-state index contributed by atoms with van der Waals surface area (Å²) in [4.78, 5) is 0. The fourth-order valence-electron chi connectivity index (χ4n) is 1.21. The predicted molar refractivity (Wildman–Crippen MR) is 54.6 cm³/mol. The number of hydrogen-bond donors (Lipinski definition) is 0. The van der Waals surface area contributed by atoms with Gasteiger partial charge in [0.2, 0.25) is 0 Å². The summed E-state index contributed by atoms with van der Waals surface area (Å²) in [6.45, 7) is 8.47. The molecule has 0 saturated heterocycles. The maximum Gasteiger partial charge on any atom is 0.334 e. The van der Waals surface area contributed by atoms with Crippen molar-refractivity contribution in [3.63, 3.8) is 0 Å². The summed E-state index contributed by atoms with van der Waals surface area (Å²) in [5.41, 5.74) is 0. The van der Waals surface area contributed by atoms with Crippen molar-refractivity contribution in [1.29, 1.82) is 0 Å². The summed E-state index contributed by atoms with van der Waals surface area (Å²) in [6, 6.07) is 1.11. The normalized spacial score (nSPS) is 16.5. The second-order valence-electron chi connectivity index (χ2n) is 3.61. The summed E-state index contributed by atoms with van der Waals surface area (Å²) in [5, 5.41) is 0. The van der Waals surface area contributed by atoms with Crippen LogP contribution in [-0.2, 0) is 8.85 Å². The first-order chi connectivity index (χ1) is 5.54. The summed E-state index contributed by atoms with van der Waals surface area (Å²) in [7, 11) is -0.0393. The summed E-state index contributed by atoms with van der Waals surface area (Å²) < 4.78 is 11.3. The molecule has 3 heteroatoms. The molecule has 0 saturated carbocycles. The van der Waals surface area contributed by atoms with E-state index in [4.69, 9.17) is 8.85 Å². The van der Waals surface area contributed by atoms with Gasteiger partial charge in [-0.1, -0.05) is 19.8 Å². The molecular formula is C9H22O2Si. The summed E-state index contributed by atoms with van der Waals surface area (Å²) in [5.74, 6) is 0. The smallest absolute Gasteiger partial charge is 0.334 e. The molecule has 0 heterocycles. The van der Waals surface area contributed by atoms with Crippen LogP contribution in [0.4, 0.5) is 0 Å². The Labute approximate surface area is 77.5 Å². The van der Waals surface area contributed by atoms with Crippen molar-refractivity contribution < 1.29 is 8.85 Å². The predicted octanol–water partition coefficient (Wildman–Crippen LogP) is 2.93. The van der Waals surface area contributed by atoms with Gasteiger partial charge in [-0.3, -0.25) is 0 Å². The molecule has 0 aromatic rings. The molecule has 0 aromatic heterocycles. The van der Waals surface area contributed by atoms with Gasteiger partial charge in [-0.2, -0.15) is 0 Å². The third kappa shape index (κ3) is 4.90. The monoisotopic (exact) mass is 190 g/mol. The maximum absolute atomic E-state index is 5.81. The van der Waals surface area contributed by atoms with E-state index in [1.807, 2.05) is 0 Å². The van der Waals surface area contributed by atoms with E-state index < -0.39 is 8.56 Å². The van der Waals surface area contributed by atoms with Crippen molar-refractivity contribution in [2.24, 2.45) is 0 Å². The highest BCUT2D eigenvalue weighted by Crippen LogP contribution is 2.17. The Morgan fingerprint density at radius 2 is 1.92 bits per heavy atom. The lowest BCUT2D eigenvalue weighted by Gasteiger charge is -2.27. The average molecular weight is 190 g/mol. The van der Waals surface area contributed by atoms with Gasteiger partial charge in [0.05, 0.1) is 0 Å². The third-order valence-electron chi connectivity index (χ3n) is 1.90. The van der Waals surface area contributed by atoms with Gasteiger partial charge in [0, 0.05) is 13.2 Å². The van der Waals surface area contributed by atoms with Crippen LogP contribution in [0.2, 0.25) is 12.6 Å². The van der Waals surface area contributed by atoms with Crippen LogP contribution in [0.15, 0.2) is 0 Å². The van der Waals surface area contributed by atoms with E-state index in [9.17, 15) is 0 Å². The highest BCUT2D eigenvalue weighted by Gasteiger charge is 2.30. The molecule has 0 aromatic carbocycles. The minimum atomic E-state index is -1.81. The Bertz CT molecular complexity index is 117. The van der Waals surface area contributed by atoms with Gasteiger partial charge in [-0.15, -0.1) is 0 Å². The van der Waals surface area contributed by atoms with Gasteiger partial charge in [0.15, 0.2) is 0 Å². The Morgan fingerprint density at radius 1 is 1.33 bits per heavy atom. The van der Waals surface area contributed by atoms with Gasteiger partial charge in [0.1, 0.15) is 0 Å². The van der Waals surface area contributed by atoms with Crippen LogP contribution < -0.4 is 0 Å². The standard InChI is InChI=1S/C9H22O2Si/c1-6-7-8-12(5,10-4)11-9(2)3/h9H,6-8H2,1-5H3. The topological polar surface area (TPSA) is 18.5 Å². The maximum atomic E-state index is 5.81. The van der Waals surface area contributed by atoms with Crippen molar-refractivity contribution >= 4 is 8.56 Å². The first-order valence-corrected chi connectivity index (χ1v) is 7.29. The van der Waals surface area contributed by atoms with Crippen LogP contribution >= 0.6 is 0 Å². The van der Waals surface area contributed by atoms with E-state index in [0.717, 1.165) is 6.04 Å². The molecule has 0 rings (SSSR count). The van der Waals surface area contributed by atoms with E-state index in [1.54, 1.807) is 7.11 Å². The van der Waals surface area contributed by atoms with Gasteiger partial charge in [-0.05, 0) is 26.4 Å². The number of unbranched alkanes of at least 4 members (excludes halogenated alkanes) is 1. The second-order valence-corrected chi connectivity index (χ2v) is 7.02. The SMILES string of the molecule is CCCC[Si](C)(OC)OC(C)C. The highest BCUT2D eigenvalue weighted by atomic mass is 28.4. The molecule has 1 unspecified atom stereocenters. The van der Waals surface area contributed by atoms with Crippen molar-refractivity contribution in [2.75, 3.05) is 7.11 Å². The molecule has 0 N–H and O–H groups in total. The minimum Gasteiger partial charge on any atom is -0.398 e. The molecule has 0 aliphatic carbocycles. The zero-order valence-corrected chi connectivity index (χ0v) is 10.0. The molecule has 2 nitrogen and oxygen atoms in total. The molecule has 0 aliphatic rings. The Kier molecular flexibility index (Phi) is 5.79. The largest absolute Gasteiger partial charge is 0.398 e. The zero-order chi connectivity index (χ0) is 9.61. The third-order valence-corrected chi connectivity index (χ3v) is 5.00. The van der Waals surface area contributed by atoms with E-state index in [2.05, 4.69) is 27.3 Å². The molecule has 0 bridgehead atoms. The van der Waals surface area contributed by atoms with Crippen molar-refractivity contribution in [3.05, 3.63) is 0 Å². The molecule has 0 spiro atoms. The zero-order valence-electron chi connectivity index (χ0n) is 9.02. The highest BCUT2D eigenvalue weighted by molar-refractivity contribution is 6.66. The lowest BCUT2D eigenvalue weighted by atomic mass is 10.4. The molecule has 0 aliphatic heterocycles. The van der Waals surface area contributed by atoms with Crippen LogP contribution in [0.3, 0.4) is 0 Å². The molecule has 0 radical (unpaired) electrons. The Morgan fingerprint density at radius 3 is 2.25 bits per heavy atom.